The van der Waals surface area contributed by atoms with E-state index in [-0.39, 0.29) is 17.9 Å². The maximum absolute atomic E-state index is 13.8. The molecule has 0 radical (unpaired) electrons. The molecule has 3 heterocycles. The van der Waals surface area contributed by atoms with Crippen molar-refractivity contribution in [3.8, 4) is 5.75 Å². The summed E-state index contributed by atoms with van der Waals surface area (Å²) in [5.74, 6) is 0.261. The first kappa shape index (κ1) is 20.3. The Labute approximate surface area is 174 Å². The number of nitrogens with one attached hydrogen (secondary N) is 2. The molecule has 1 aromatic carbocycles. The molecule has 30 heavy (non-hydrogen) atoms. The second kappa shape index (κ2) is 8.02. The van der Waals surface area contributed by atoms with E-state index in [0.29, 0.717) is 17.9 Å². The number of amides is 1. The molecule has 1 amide bonds. The molecule has 0 bridgehead atoms. The van der Waals surface area contributed by atoms with Crippen LogP contribution in [0, 0.1) is 0 Å². The van der Waals surface area contributed by atoms with E-state index in [2.05, 4.69) is 15.7 Å². The second-order valence-corrected chi connectivity index (χ2v) is 7.92. The number of anilines is 1. The Morgan fingerprint density at radius 2 is 2.10 bits per heavy atom. The first-order chi connectivity index (χ1) is 14.3. The van der Waals surface area contributed by atoms with Crippen LogP contribution in [0.3, 0.4) is 0 Å². The Hall–Kier alpha value is -3.01. The van der Waals surface area contributed by atoms with E-state index in [9.17, 15) is 18.0 Å². The Bertz CT molecular complexity index is 1020. The number of fused-ring (bicyclic) bond motifs is 1. The van der Waals surface area contributed by atoms with Crippen LogP contribution in [0.4, 0.5) is 19.0 Å². The van der Waals surface area contributed by atoms with Gasteiger partial charge in [-0.15, -0.1) is 11.3 Å². The van der Waals surface area contributed by atoms with Crippen molar-refractivity contribution in [3.05, 3.63) is 64.0 Å². The number of thiophene rings is 1. The molecule has 1 aliphatic heterocycles. The number of methoxy groups -OCH3 is 1. The first-order valence-electron chi connectivity index (χ1n) is 9.22. The van der Waals surface area contributed by atoms with Crippen LogP contribution in [0.15, 0.2) is 47.8 Å². The smallest absolute Gasteiger partial charge is 0.410 e. The SMILES string of the molecule is COc1ccc([C@H]2C[C@H](C(F)(F)F)n3nc(C(=O)NCc4cccs4)cc3N2)cc1. The largest absolute Gasteiger partial charge is 0.497 e. The van der Waals surface area contributed by atoms with Gasteiger partial charge in [0.05, 0.1) is 19.7 Å². The van der Waals surface area contributed by atoms with E-state index in [1.807, 2.05) is 17.5 Å². The predicted molar refractivity (Wildman–Crippen MR) is 107 cm³/mol. The average Bonchev–Trinajstić information content (AvgIpc) is 3.40. The maximum atomic E-state index is 13.8. The number of carbonyl (C=O) groups is 1. The molecule has 3 aromatic rings. The minimum atomic E-state index is -4.50. The van der Waals surface area contributed by atoms with E-state index in [1.54, 1.807) is 24.3 Å². The van der Waals surface area contributed by atoms with Crippen LogP contribution in [0.5, 0.6) is 5.75 Å². The van der Waals surface area contributed by atoms with E-state index in [4.69, 9.17) is 4.74 Å². The third kappa shape index (κ3) is 4.13. The van der Waals surface area contributed by atoms with Gasteiger partial charge in [0, 0.05) is 17.4 Å². The highest BCUT2D eigenvalue weighted by Crippen LogP contribution is 2.43. The summed E-state index contributed by atoms with van der Waals surface area (Å²) in [5, 5.41) is 11.6. The van der Waals surface area contributed by atoms with Crippen molar-refractivity contribution < 1.29 is 22.7 Å². The highest BCUT2D eigenvalue weighted by atomic mass is 32.1. The van der Waals surface area contributed by atoms with Crippen molar-refractivity contribution in [2.45, 2.75) is 31.2 Å². The van der Waals surface area contributed by atoms with Crippen molar-refractivity contribution in [2.24, 2.45) is 0 Å². The van der Waals surface area contributed by atoms with Crippen molar-refractivity contribution in [1.29, 1.82) is 0 Å². The van der Waals surface area contributed by atoms with Crippen molar-refractivity contribution in [2.75, 3.05) is 12.4 Å². The molecule has 1 aliphatic rings. The summed E-state index contributed by atoms with van der Waals surface area (Å²) in [5.41, 5.74) is 0.639. The average molecular weight is 436 g/mol. The first-order valence-corrected chi connectivity index (χ1v) is 10.1. The monoisotopic (exact) mass is 436 g/mol. The Kier molecular flexibility index (Phi) is 5.42. The summed E-state index contributed by atoms with van der Waals surface area (Å²) in [6.07, 6.45) is -4.74. The van der Waals surface area contributed by atoms with Gasteiger partial charge in [0.25, 0.3) is 5.91 Å². The van der Waals surface area contributed by atoms with Gasteiger partial charge in [-0.1, -0.05) is 18.2 Å². The topological polar surface area (TPSA) is 68.2 Å². The number of alkyl halides is 3. The van der Waals surface area contributed by atoms with Gasteiger partial charge in [0.1, 0.15) is 11.6 Å². The molecule has 2 N–H and O–H groups in total. The Morgan fingerprint density at radius 3 is 2.73 bits per heavy atom. The van der Waals surface area contributed by atoms with E-state index >= 15 is 0 Å². The molecule has 0 saturated carbocycles. The zero-order chi connectivity index (χ0) is 21.3. The van der Waals surface area contributed by atoms with E-state index in [0.717, 1.165) is 9.56 Å². The van der Waals surface area contributed by atoms with Crippen molar-refractivity contribution in [1.82, 2.24) is 15.1 Å². The molecular formula is C20H19F3N4O2S. The molecule has 10 heteroatoms. The molecule has 0 unspecified atom stereocenters. The van der Waals surface area contributed by atoms with Crippen LogP contribution in [-0.2, 0) is 6.54 Å². The molecule has 0 spiro atoms. The number of aromatic nitrogens is 2. The lowest BCUT2D eigenvalue weighted by atomic mass is 9.97. The molecule has 0 saturated heterocycles. The highest BCUT2D eigenvalue weighted by molar-refractivity contribution is 7.09. The fraction of sp³-hybridized carbons (Fsp3) is 0.300. The van der Waals surface area contributed by atoms with Crippen LogP contribution >= 0.6 is 11.3 Å². The molecule has 158 valence electrons. The maximum Gasteiger partial charge on any atom is 0.410 e. The molecule has 4 rings (SSSR count). The van der Waals surface area contributed by atoms with Crippen LogP contribution in [-0.4, -0.2) is 29.0 Å². The van der Waals surface area contributed by atoms with Crippen molar-refractivity contribution >= 4 is 23.1 Å². The highest BCUT2D eigenvalue weighted by Gasteiger charge is 2.46. The number of halogens is 3. The molecular weight excluding hydrogens is 417 g/mol. The van der Waals surface area contributed by atoms with Gasteiger partial charge in [-0.05, 0) is 29.1 Å². The molecule has 0 aliphatic carbocycles. The normalized spacial score (nSPS) is 18.4. The fourth-order valence-corrected chi connectivity index (χ4v) is 4.05. The number of hydrogen-bond acceptors (Lipinski definition) is 5. The Balaban J connectivity index is 1.58. The fourth-order valence-electron chi connectivity index (χ4n) is 3.41. The zero-order valence-corrected chi connectivity index (χ0v) is 16.8. The van der Waals surface area contributed by atoms with Gasteiger partial charge in [-0.25, -0.2) is 4.68 Å². The van der Waals surface area contributed by atoms with Gasteiger partial charge in [0.2, 0.25) is 0 Å². The summed E-state index contributed by atoms with van der Waals surface area (Å²) in [4.78, 5) is 13.4. The molecule has 6 nitrogen and oxygen atoms in total. The summed E-state index contributed by atoms with van der Waals surface area (Å²) in [6.45, 7) is 0.295. The molecule has 0 fully saturated rings. The van der Waals surface area contributed by atoms with Gasteiger partial charge in [-0.2, -0.15) is 18.3 Å². The number of hydrogen-bond donors (Lipinski definition) is 2. The lowest BCUT2D eigenvalue weighted by Gasteiger charge is -2.33. The predicted octanol–water partition coefficient (Wildman–Crippen LogP) is 4.54. The third-order valence-corrected chi connectivity index (χ3v) is 5.82. The van der Waals surface area contributed by atoms with Crippen LogP contribution in [0.1, 0.15) is 39.4 Å². The van der Waals surface area contributed by atoms with Gasteiger partial charge in [0.15, 0.2) is 11.7 Å². The number of carbonyl (C=O) groups excluding carboxylic acids is 1. The van der Waals surface area contributed by atoms with Gasteiger partial charge in [-0.3, -0.25) is 4.79 Å². The lowest BCUT2D eigenvalue weighted by Crippen LogP contribution is -2.35. The van der Waals surface area contributed by atoms with E-state index < -0.39 is 24.2 Å². The second-order valence-electron chi connectivity index (χ2n) is 6.88. The summed E-state index contributed by atoms with van der Waals surface area (Å²) in [6, 6.07) is 9.54. The zero-order valence-electron chi connectivity index (χ0n) is 15.9. The van der Waals surface area contributed by atoms with E-state index in [1.165, 1.54) is 24.5 Å². The minimum absolute atomic E-state index is 0.0568. The number of nitrogens with zero attached hydrogens (tertiary/aromatic N) is 2. The number of ether oxygens (including phenoxy) is 1. The lowest BCUT2D eigenvalue weighted by molar-refractivity contribution is -0.173. The number of rotatable bonds is 5. The molecule has 2 aromatic heterocycles. The third-order valence-electron chi connectivity index (χ3n) is 4.94. The van der Waals surface area contributed by atoms with Crippen LogP contribution in [0.25, 0.3) is 0 Å². The van der Waals surface area contributed by atoms with Gasteiger partial charge < -0.3 is 15.4 Å². The minimum Gasteiger partial charge on any atom is -0.497 e. The standard InChI is InChI=1S/C20H19F3N4O2S/c1-29-13-6-4-12(5-7-13)15-9-17(20(21,22)23)27-18(25-15)10-16(26-27)19(28)24-11-14-3-2-8-30-14/h2-8,10,15,17,25H,9,11H2,1H3,(H,24,28)/t15-,17-/m1/s1. The van der Waals surface area contributed by atoms with Crippen molar-refractivity contribution in [3.63, 3.8) is 0 Å². The summed E-state index contributed by atoms with van der Waals surface area (Å²) in [7, 11) is 1.52. The summed E-state index contributed by atoms with van der Waals surface area (Å²) >= 11 is 1.48. The van der Waals surface area contributed by atoms with Crippen LogP contribution in [0.2, 0.25) is 0 Å². The Morgan fingerprint density at radius 1 is 1.33 bits per heavy atom. The summed E-state index contributed by atoms with van der Waals surface area (Å²) < 4.78 is 47.3. The quantitative estimate of drug-likeness (QED) is 0.616. The van der Waals surface area contributed by atoms with Crippen LogP contribution < -0.4 is 15.4 Å². The van der Waals surface area contributed by atoms with Gasteiger partial charge >= 0.3 is 6.18 Å². The number of benzene rings is 1. The molecule has 2 atom stereocenters.